The third-order valence-corrected chi connectivity index (χ3v) is 4.59. The van der Waals surface area contributed by atoms with E-state index in [4.69, 9.17) is 21.7 Å². The minimum Gasteiger partial charge on any atom is -0.491 e. The third kappa shape index (κ3) is 8.74. The number of ether oxygens (including phenoxy) is 2. The van der Waals surface area contributed by atoms with E-state index < -0.39 is 0 Å². The number of hydrogen-bond donors (Lipinski definition) is 2. The molecule has 0 unspecified atom stereocenters. The molecule has 2 N–H and O–H groups in total. The fourth-order valence-electron chi connectivity index (χ4n) is 2.63. The third-order valence-electron chi connectivity index (χ3n) is 4.38. The lowest BCUT2D eigenvalue weighted by molar-refractivity contribution is -0.128. The molecule has 0 spiro atoms. The summed E-state index contributed by atoms with van der Waals surface area (Å²) < 4.78 is 10.8. The maximum atomic E-state index is 12.4. The van der Waals surface area contributed by atoms with E-state index in [1.165, 1.54) is 0 Å². The number of anilines is 1. The average Bonchev–Trinajstić information content (AvgIpc) is 2.76. The van der Waals surface area contributed by atoms with Crippen molar-refractivity contribution in [1.82, 2.24) is 10.2 Å². The fraction of sp³-hybridized carbons (Fsp3) is 0.348. The molecule has 2 amide bonds. The van der Waals surface area contributed by atoms with Crippen LogP contribution in [0.4, 0.5) is 5.69 Å². The van der Waals surface area contributed by atoms with E-state index in [0.29, 0.717) is 44.0 Å². The first-order valence-corrected chi connectivity index (χ1v) is 10.5. The van der Waals surface area contributed by atoms with Gasteiger partial charge in [-0.25, -0.2) is 0 Å². The molecule has 8 heteroatoms. The maximum absolute atomic E-state index is 12.4. The predicted molar refractivity (Wildman–Crippen MR) is 126 cm³/mol. The van der Waals surface area contributed by atoms with E-state index in [9.17, 15) is 9.59 Å². The molecule has 166 valence electrons. The topological polar surface area (TPSA) is 79.9 Å². The van der Waals surface area contributed by atoms with Gasteiger partial charge in [0.15, 0.2) is 5.11 Å². The van der Waals surface area contributed by atoms with Crippen molar-refractivity contribution in [1.29, 1.82) is 0 Å². The van der Waals surface area contributed by atoms with Crippen LogP contribution in [0.15, 0.2) is 48.5 Å². The normalized spacial score (nSPS) is 10.3. The van der Waals surface area contributed by atoms with Crippen LogP contribution in [-0.4, -0.2) is 55.7 Å². The maximum Gasteiger partial charge on any atom is 0.257 e. The molecular formula is C23H29N3O4S. The van der Waals surface area contributed by atoms with Crippen molar-refractivity contribution in [3.05, 3.63) is 59.7 Å². The Morgan fingerprint density at radius 1 is 1.00 bits per heavy atom. The van der Waals surface area contributed by atoms with E-state index >= 15 is 0 Å². The van der Waals surface area contributed by atoms with Crippen LogP contribution >= 0.6 is 12.2 Å². The monoisotopic (exact) mass is 443 g/mol. The standard InChI is InChI=1S/C23H29N3O4S/c1-4-29-15-16-30-20-12-8-18(9-13-20)22(28)25-23(31)24-19-10-5-17(6-11-19)7-14-21(27)26(2)3/h5-6,8-13H,4,7,14-16H2,1-3H3,(H2,24,25,28,31). The molecular weight excluding hydrogens is 414 g/mol. The smallest absolute Gasteiger partial charge is 0.257 e. The molecule has 0 atom stereocenters. The summed E-state index contributed by atoms with van der Waals surface area (Å²) in [6, 6.07) is 14.4. The van der Waals surface area contributed by atoms with Gasteiger partial charge in [0.2, 0.25) is 5.91 Å². The van der Waals surface area contributed by atoms with Gasteiger partial charge in [-0.3, -0.25) is 14.9 Å². The fourth-order valence-corrected chi connectivity index (χ4v) is 2.84. The molecule has 0 fully saturated rings. The molecule has 7 nitrogen and oxygen atoms in total. The van der Waals surface area contributed by atoms with E-state index in [2.05, 4.69) is 10.6 Å². The Labute approximate surface area is 188 Å². The Morgan fingerprint density at radius 2 is 1.68 bits per heavy atom. The number of nitrogens with one attached hydrogen (secondary N) is 2. The molecule has 0 bridgehead atoms. The van der Waals surface area contributed by atoms with Gasteiger partial charge in [-0.15, -0.1) is 0 Å². The average molecular weight is 444 g/mol. The summed E-state index contributed by atoms with van der Waals surface area (Å²) in [5.74, 6) is 0.456. The van der Waals surface area contributed by atoms with Crippen molar-refractivity contribution >= 4 is 34.8 Å². The molecule has 2 aromatic carbocycles. The van der Waals surface area contributed by atoms with Crippen molar-refractivity contribution in [2.45, 2.75) is 19.8 Å². The van der Waals surface area contributed by atoms with Gasteiger partial charge in [-0.05, 0) is 67.5 Å². The summed E-state index contributed by atoms with van der Waals surface area (Å²) in [5.41, 5.74) is 2.28. The molecule has 0 heterocycles. The number of carbonyl (C=O) groups is 2. The molecule has 0 aromatic heterocycles. The largest absolute Gasteiger partial charge is 0.491 e. The van der Waals surface area contributed by atoms with E-state index in [1.807, 2.05) is 31.2 Å². The van der Waals surface area contributed by atoms with E-state index in [0.717, 1.165) is 11.3 Å². The SMILES string of the molecule is CCOCCOc1ccc(C(=O)NC(=S)Nc2ccc(CCC(=O)N(C)C)cc2)cc1. The highest BCUT2D eigenvalue weighted by atomic mass is 32.1. The summed E-state index contributed by atoms with van der Waals surface area (Å²) in [6.07, 6.45) is 1.13. The second kappa shape index (κ2) is 12.7. The molecule has 0 radical (unpaired) electrons. The molecule has 0 saturated heterocycles. The summed E-state index contributed by atoms with van der Waals surface area (Å²) in [4.78, 5) is 25.6. The number of nitrogens with zero attached hydrogens (tertiary/aromatic N) is 1. The lowest BCUT2D eigenvalue weighted by atomic mass is 10.1. The van der Waals surface area contributed by atoms with E-state index in [1.54, 1.807) is 43.3 Å². The van der Waals surface area contributed by atoms with Crippen molar-refractivity contribution in [3.8, 4) is 5.75 Å². The quantitative estimate of drug-likeness (QED) is 0.434. The number of thiocarbonyl (C=S) groups is 1. The zero-order valence-electron chi connectivity index (χ0n) is 18.1. The zero-order chi connectivity index (χ0) is 22.6. The van der Waals surface area contributed by atoms with Crippen molar-refractivity contribution in [2.75, 3.05) is 39.2 Å². The molecule has 2 rings (SSSR count). The van der Waals surface area contributed by atoms with Crippen LogP contribution in [0.5, 0.6) is 5.75 Å². The number of amides is 2. The van der Waals surface area contributed by atoms with Gasteiger partial charge in [0.05, 0.1) is 6.61 Å². The summed E-state index contributed by atoms with van der Waals surface area (Å²) >= 11 is 5.24. The van der Waals surface area contributed by atoms with Gasteiger partial charge in [0, 0.05) is 38.4 Å². The molecule has 0 saturated carbocycles. The summed E-state index contributed by atoms with van der Waals surface area (Å²) in [5, 5.41) is 5.86. The Hall–Kier alpha value is -2.97. The van der Waals surface area contributed by atoms with Crippen LogP contribution in [0.3, 0.4) is 0 Å². The van der Waals surface area contributed by atoms with Crippen LogP contribution in [-0.2, 0) is 16.0 Å². The first-order valence-electron chi connectivity index (χ1n) is 10.1. The molecule has 0 aliphatic heterocycles. The van der Waals surface area contributed by atoms with Crippen LogP contribution in [0.25, 0.3) is 0 Å². The molecule has 0 aliphatic carbocycles. The highest BCUT2D eigenvalue weighted by molar-refractivity contribution is 7.80. The predicted octanol–water partition coefficient (Wildman–Crippen LogP) is 3.25. The highest BCUT2D eigenvalue weighted by Gasteiger charge is 2.09. The van der Waals surface area contributed by atoms with Gasteiger partial charge in [-0.2, -0.15) is 0 Å². The first-order chi connectivity index (χ1) is 14.9. The van der Waals surface area contributed by atoms with Crippen LogP contribution in [0.1, 0.15) is 29.3 Å². The van der Waals surface area contributed by atoms with Gasteiger partial charge < -0.3 is 19.7 Å². The first kappa shape index (κ1) is 24.3. The molecule has 0 aliphatic rings. The van der Waals surface area contributed by atoms with Crippen molar-refractivity contribution in [3.63, 3.8) is 0 Å². The van der Waals surface area contributed by atoms with Gasteiger partial charge >= 0.3 is 0 Å². The second-order valence-electron chi connectivity index (χ2n) is 6.96. The summed E-state index contributed by atoms with van der Waals surface area (Å²) in [6.45, 7) is 3.56. The second-order valence-corrected chi connectivity index (χ2v) is 7.37. The molecule has 2 aromatic rings. The van der Waals surface area contributed by atoms with Crippen LogP contribution < -0.4 is 15.4 Å². The Bertz CT molecular complexity index is 867. The van der Waals surface area contributed by atoms with Gasteiger partial charge in [0.25, 0.3) is 5.91 Å². The lowest BCUT2D eigenvalue weighted by Crippen LogP contribution is -2.34. The Balaban J connectivity index is 1.79. The van der Waals surface area contributed by atoms with Crippen molar-refractivity contribution in [2.24, 2.45) is 0 Å². The number of carbonyl (C=O) groups excluding carboxylic acids is 2. The summed E-state index contributed by atoms with van der Waals surface area (Å²) in [7, 11) is 3.49. The lowest BCUT2D eigenvalue weighted by Gasteiger charge is -2.12. The number of rotatable bonds is 10. The van der Waals surface area contributed by atoms with Crippen LogP contribution in [0, 0.1) is 0 Å². The van der Waals surface area contributed by atoms with Gasteiger partial charge in [0.1, 0.15) is 12.4 Å². The van der Waals surface area contributed by atoms with Gasteiger partial charge in [-0.1, -0.05) is 12.1 Å². The molecule has 31 heavy (non-hydrogen) atoms. The minimum absolute atomic E-state index is 0.0937. The van der Waals surface area contributed by atoms with Crippen LogP contribution in [0.2, 0.25) is 0 Å². The number of benzene rings is 2. The Kier molecular flexibility index (Phi) is 9.93. The van der Waals surface area contributed by atoms with Crippen molar-refractivity contribution < 1.29 is 19.1 Å². The Morgan fingerprint density at radius 3 is 2.29 bits per heavy atom. The van der Waals surface area contributed by atoms with E-state index in [-0.39, 0.29) is 16.9 Å². The zero-order valence-corrected chi connectivity index (χ0v) is 19.0. The number of aryl methyl sites for hydroxylation is 1. The minimum atomic E-state index is -0.308. The number of hydrogen-bond acceptors (Lipinski definition) is 5. The highest BCUT2D eigenvalue weighted by Crippen LogP contribution is 2.13.